The summed E-state index contributed by atoms with van der Waals surface area (Å²) in [6, 6.07) is 13.9. The molecule has 4 heteroatoms. The van der Waals surface area contributed by atoms with Crippen molar-refractivity contribution in [3.63, 3.8) is 0 Å². The second-order valence-corrected chi connectivity index (χ2v) is 5.54. The standard InChI is InChI=1S/C15H15BrClNO/c1-18-9-11-3-2-4-12(7-11)10-19-15-8-13(16)5-6-14(15)17/h2-8,18H,9-10H2,1H3. The highest BCUT2D eigenvalue weighted by molar-refractivity contribution is 9.10. The molecule has 2 nitrogen and oxygen atoms in total. The molecule has 0 heterocycles. The van der Waals surface area contributed by atoms with E-state index in [1.54, 1.807) is 0 Å². The van der Waals surface area contributed by atoms with Gasteiger partial charge in [-0.15, -0.1) is 0 Å². The van der Waals surface area contributed by atoms with E-state index < -0.39 is 0 Å². The highest BCUT2D eigenvalue weighted by Crippen LogP contribution is 2.28. The maximum absolute atomic E-state index is 6.09. The van der Waals surface area contributed by atoms with Crippen molar-refractivity contribution in [2.75, 3.05) is 7.05 Å². The Balaban J connectivity index is 2.05. The largest absolute Gasteiger partial charge is 0.487 e. The van der Waals surface area contributed by atoms with Crippen LogP contribution in [0, 0.1) is 0 Å². The van der Waals surface area contributed by atoms with Crippen molar-refractivity contribution in [3.05, 3.63) is 63.1 Å². The summed E-state index contributed by atoms with van der Waals surface area (Å²) in [6.07, 6.45) is 0. The molecule has 0 unspecified atom stereocenters. The minimum Gasteiger partial charge on any atom is -0.487 e. The number of nitrogens with one attached hydrogen (secondary N) is 1. The summed E-state index contributed by atoms with van der Waals surface area (Å²) in [5.41, 5.74) is 2.37. The third kappa shape index (κ3) is 4.23. The Bertz CT molecular complexity index is 560. The topological polar surface area (TPSA) is 21.3 Å². The predicted molar refractivity (Wildman–Crippen MR) is 82.7 cm³/mol. The number of hydrogen-bond acceptors (Lipinski definition) is 2. The first kappa shape index (κ1) is 14.4. The average Bonchev–Trinajstić information content (AvgIpc) is 2.41. The van der Waals surface area contributed by atoms with Gasteiger partial charge in [-0.1, -0.05) is 51.8 Å². The van der Waals surface area contributed by atoms with E-state index in [1.165, 1.54) is 5.56 Å². The van der Waals surface area contributed by atoms with E-state index in [0.29, 0.717) is 17.4 Å². The van der Waals surface area contributed by atoms with Crippen LogP contribution in [0.1, 0.15) is 11.1 Å². The van der Waals surface area contributed by atoms with Gasteiger partial charge in [0.15, 0.2) is 0 Å². The predicted octanol–water partition coefficient (Wildman–Crippen LogP) is 4.40. The summed E-state index contributed by atoms with van der Waals surface area (Å²) in [5, 5.41) is 3.75. The first-order chi connectivity index (χ1) is 9.19. The van der Waals surface area contributed by atoms with Gasteiger partial charge in [-0.05, 0) is 36.4 Å². The van der Waals surface area contributed by atoms with Gasteiger partial charge in [0.25, 0.3) is 0 Å². The van der Waals surface area contributed by atoms with Gasteiger partial charge in [0.1, 0.15) is 12.4 Å². The molecule has 0 atom stereocenters. The highest BCUT2D eigenvalue weighted by atomic mass is 79.9. The van der Waals surface area contributed by atoms with E-state index in [0.717, 1.165) is 16.6 Å². The molecule has 0 aliphatic heterocycles. The van der Waals surface area contributed by atoms with E-state index in [9.17, 15) is 0 Å². The van der Waals surface area contributed by atoms with Gasteiger partial charge in [-0.2, -0.15) is 0 Å². The van der Waals surface area contributed by atoms with Crippen molar-refractivity contribution in [2.45, 2.75) is 13.2 Å². The molecule has 2 aromatic carbocycles. The number of ether oxygens (including phenoxy) is 1. The lowest BCUT2D eigenvalue weighted by atomic mass is 10.1. The zero-order valence-corrected chi connectivity index (χ0v) is 13.0. The quantitative estimate of drug-likeness (QED) is 0.871. The van der Waals surface area contributed by atoms with E-state index in [-0.39, 0.29) is 0 Å². The van der Waals surface area contributed by atoms with E-state index in [2.05, 4.69) is 33.4 Å². The summed E-state index contributed by atoms with van der Waals surface area (Å²) >= 11 is 9.50. The van der Waals surface area contributed by atoms with Crippen molar-refractivity contribution in [3.8, 4) is 5.75 Å². The van der Waals surface area contributed by atoms with Crippen LogP contribution in [0.3, 0.4) is 0 Å². The molecule has 0 fully saturated rings. The molecule has 0 spiro atoms. The maximum atomic E-state index is 6.09. The molecule has 100 valence electrons. The summed E-state index contributed by atoms with van der Waals surface area (Å²) in [4.78, 5) is 0. The Labute approximate surface area is 126 Å². The lowest BCUT2D eigenvalue weighted by Crippen LogP contribution is -2.05. The van der Waals surface area contributed by atoms with Crippen LogP contribution in [0.15, 0.2) is 46.9 Å². The third-order valence-electron chi connectivity index (χ3n) is 2.66. The van der Waals surface area contributed by atoms with Gasteiger partial charge in [0, 0.05) is 11.0 Å². The van der Waals surface area contributed by atoms with Crippen LogP contribution in [0.2, 0.25) is 5.02 Å². The molecule has 0 aliphatic rings. The Morgan fingerprint density at radius 2 is 1.95 bits per heavy atom. The molecule has 0 saturated carbocycles. The zero-order valence-electron chi connectivity index (χ0n) is 10.6. The van der Waals surface area contributed by atoms with Gasteiger partial charge in [-0.25, -0.2) is 0 Å². The lowest BCUT2D eigenvalue weighted by molar-refractivity contribution is 0.306. The fourth-order valence-corrected chi connectivity index (χ4v) is 2.29. The minimum atomic E-state index is 0.508. The summed E-state index contributed by atoms with van der Waals surface area (Å²) in [6.45, 7) is 1.36. The molecular weight excluding hydrogens is 326 g/mol. The van der Waals surface area contributed by atoms with Crippen molar-refractivity contribution >= 4 is 27.5 Å². The fraction of sp³-hybridized carbons (Fsp3) is 0.200. The van der Waals surface area contributed by atoms with Gasteiger partial charge in [0.05, 0.1) is 5.02 Å². The molecule has 0 saturated heterocycles. The van der Waals surface area contributed by atoms with Crippen LogP contribution < -0.4 is 10.1 Å². The van der Waals surface area contributed by atoms with E-state index in [4.69, 9.17) is 16.3 Å². The molecule has 2 aromatic rings. The third-order valence-corrected chi connectivity index (χ3v) is 3.47. The summed E-state index contributed by atoms with van der Waals surface area (Å²) < 4.78 is 6.71. The molecule has 0 amide bonds. The summed E-state index contributed by atoms with van der Waals surface area (Å²) in [5.74, 6) is 0.690. The monoisotopic (exact) mass is 339 g/mol. The first-order valence-electron chi connectivity index (χ1n) is 5.99. The smallest absolute Gasteiger partial charge is 0.139 e. The van der Waals surface area contributed by atoms with Gasteiger partial charge in [-0.3, -0.25) is 0 Å². The fourth-order valence-electron chi connectivity index (χ4n) is 1.78. The van der Waals surface area contributed by atoms with Crippen LogP contribution in [-0.4, -0.2) is 7.05 Å². The maximum Gasteiger partial charge on any atom is 0.139 e. The first-order valence-corrected chi connectivity index (χ1v) is 7.16. The van der Waals surface area contributed by atoms with Crippen LogP contribution in [-0.2, 0) is 13.2 Å². The van der Waals surface area contributed by atoms with Gasteiger partial charge in [0.2, 0.25) is 0 Å². The van der Waals surface area contributed by atoms with Crippen LogP contribution in [0.4, 0.5) is 0 Å². The Morgan fingerprint density at radius 3 is 2.74 bits per heavy atom. The summed E-state index contributed by atoms with van der Waals surface area (Å²) in [7, 11) is 1.93. The number of rotatable bonds is 5. The SMILES string of the molecule is CNCc1cccc(COc2cc(Br)ccc2Cl)c1. The van der Waals surface area contributed by atoms with Crippen LogP contribution in [0.25, 0.3) is 0 Å². The second-order valence-electron chi connectivity index (χ2n) is 4.21. The molecule has 2 rings (SSSR count). The number of hydrogen-bond donors (Lipinski definition) is 1. The van der Waals surface area contributed by atoms with E-state index >= 15 is 0 Å². The molecule has 19 heavy (non-hydrogen) atoms. The molecule has 0 radical (unpaired) electrons. The second kappa shape index (κ2) is 6.94. The zero-order chi connectivity index (χ0) is 13.7. The van der Waals surface area contributed by atoms with Crippen molar-refractivity contribution in [2.24, 2.45) is 0 Å². The van der Waals surface area contributed by atoms with Gasteiger partial charge >= 0.3 is 0 Å². The lowest BCUT2D eigenvalue weighted by Gasteiger charge is -2.09. The normalized spacial score (nSPS) is 10.5. The van der Waals surface area contributed by atoms with Gasteiger partial charge < -0.3 is 10.1 Å². The number of halogens is 2. The Hall–Kier alpha value is -1.03. The molecule has 0 bridgehead atoms. The molecule has 0 aliphatic carbocycles. The van der Waals surface area contributed by atoms with E-state index in [1.807, 2.05) is 37.4 Å². The van der Waals surface area contributed by atoms with Crippen molar-refractivity contribution < 1.29 is 4.74 Å². The van der Waals surface area contributed by atoms with Crippen LogP contribution >= 0.6 is 27.5 Å². The molecular formula is C15H15BrClNO. The Kier molecular flexibility index (Phi) is 5.25. The highest BCUT2D eigenvalue weighted by Gasteiger charge is 2.03. The average molecular weight is 341 g/mol. The molecule has 1 N–H and O–H groups in total. The van der Waals surface area contributed by atoms with Crippen LogP contribution in [0.5, 0.6) is 5.75 Å². The molecule has 0 aromatic heterocycles. The van der Waals surface area contributed by atoms with Crippen molar-refractivity contribution in [1.29, 1.82) is 0 Å². The van der Waals surface area contributed by atoms with Crippen molar-refractivity contribution in [1.82, 2.24) is 5.32 Å². The minimum absolute atomic E-state index is 0.508. The number of benzene rings is 2. The Morgan fingerprint density at radius 1 is 1.16 bits per heavy atom.